The van der Waals surface area contributed by atoms with Crippen molar-refractivity contribution in [2.24, 2.45) is 11.7 Å². The second kappa shape index (κ2) is 16.6. The number of likely N-dealkylation sites (N-methyl/N-ethyl adjacent to an activating group) is 1. The van der Waals surface area contributed by atoms with Crippen molar-refractivity contribution in [2.75, 3.05) is 99.1 Å². The Labute approximate surface area is 355 Å². The summed E-state index contributed by atoms with van der Waals surface area (Å²) in [6.45, 7) is 9.29. The van der Waals surface area contributed by atoms with Crippen LogP contribution in [0.25, 0.3) is 0 Å². The third kappa shape index (κ3) is 8.03. The van der Waals surface area contributed by atoms with E-state index < -0.39 is 35.6 Å². The Morgan fingerprint density at radius 2 is 1.54 bits per heavy atom. The van der Waals surface area contributed by atoms with Crippen LogP contribution in [0.1, 0.15) is 71.2 Å². The Bertz CT molecular complexity index is 2250. The Kier molecular flexibility index (Phi) is 10.9. The molecule has 0 bridgehead atoms. The zero-order chi connectivity index (χ0) is 42.4. The summed E-state index contributed by atoms with van der Waals surface area (Å²) in [7, 11) is 1.83. The first-order valence-corrected chi connectivity index (χ1v) is 21.4. The number of piperidine rings is 3. The van der Waals surface area contributed by atoms with Gasteiger partial charge in [-0.3, -0.25) is 39.1 Å². The van der Waals surface area contributed by atoms with E-state index in [0.29, 0.717) is 41.8 Å². The van der Waals surface area contributed by atoms with E-state index in [1.165, 1.54) is 0 Å². The van der Waals surface area contributed by atoms with Crippen molar-refractivity contribution in [3.05, 3.63) is 65.5 Å². The van der Waals surface area contributed by atoms with Crippen molar-refractivity contribution in [1.29, 1.82) is 0 Å². The smallest absolute Gasteiger partial charge is 0.320 e. The summed E-state index contributed by atoms with van der Waals surface area (Å²) < 4.78 is 0. The van der Waals surface area contributed by atoms with Crippen molar-refractivity contribution in [1.82, 2.24) is 34.9 Å². The molecule has 1 unspecified atom stereocenters. The van der Waals surface area contributed by atoms with Gasteiger partial charge >= 0.3 is 6.03 Å². The lowest BCUT2D eigenvalue weighted by molar-refractivity contribution is -0.136. The maximum atomic E-state index is 13.4. The summed E-state index contributed by atoms with van der Waals surface area (Å²) in [5, 5.41) is 5.53. The van der Waals surface area contributed by atoms with E-state index in [1.807, 2.05) is 30.1 Å². The maximum absolute atomic E-state index is 13.4. The zero-order valence-corrected chi connectivity index (χ0v) is 34.4. The van der Waals surface area contributed by atoms with Gasteiger partial charge in [-0.1, -0.05) is 0 Å². The molecule has 2 atom stereocenters. The highest BCUT2D eigenvalue weighted by Crippen LogP contribution is 2.33. The molecule has 18 heteroatoms. The van der Waals surface area contributed by atoms with E-state index in [2.05, 4.69) is 47.3 Å². The van der Waals surface area contributed by atoms with Gasteiger partial charge in [-0.25, -0.2) is 14.8 Å². The third-order valence-electron chi connectivity index (χ3n) is 13.2. The number of primary amides is 1. The lowest BCUT2D eigenvalue weighted by Gasteiger charge is -2.40. The van der Waals surface area contributed by atoms with E-state index in [9.17, 15) is 28.8 Å². The van der Waals surface area contributed by atoms with Gasteiger partial charge in [0.1, 0.15) is 11.9 Å². The van der Waals surface area contributed by atoms with Crippen LogP contribution in [-0.2, 0) is 9.59 Å². The second-order valence-electron chi connectivity index (χ2n) is 17.0. The summed E-state index contributed by atoms with van der Waals surface area (Å²) in [5.74, 6) is -1.16. The summed E-state index contributed by atoms with van der Waals surface area (Å²) >= 11 is 0. The predicted octanol–water partition coefficient (Wildman–Crippen LogP) is 2.34. The number of anilines is 5. The minimum Gasteiger partial charge on any atom is -0.371 e. The van der Waals surface area contributed by atoms with Crippen LogP contribution in [0.15, 0.2) is 48.7 Å². The van der Waals surface area contributed by atoms with Gasteiger partial charge in [-0.15, -0.1) is 0 Å². The maximum Gasteiger partial charge on any atom is 0.320 e. The van der Waals surface area contributed by atoms with Gasteiger partial charge in [-0.2, -0.15) is 0 Å². The molecular weight excluding hydrogens is 781 g/mol. The number of nitrogens with two attached hydrogens (primary N) is 1. The molecule has 4 N–H and O–H groups in total. The predicted molar refractivity (Wildman–Crippen MR) is 229 cm³/mol. The first-order valence-electron chi connectivity index (χ1n) is 21.4. The molecule has 6 aliphatic heterocycles. The van der Waals surface area contributed by atoms with E-state index in [4.69, 9.17) is 10.7 Å². The number of nitrogens with zero attached hydrogens (tertiary/aromatic N) is 9. The largest absolute Gasteiger partial charge is 0.371 e. The highest BCUT2D eigenvalue weighted by Gasteiger charge is 2.45. The number of benzene rings is 2. The van der Waals surface area contributed by atoms with Crippen LogP contribution < -0.4 is 31.1 Å². The number of rotatable bonds is 10. The quantitative estimate of drug-likeness (QED) is 0.252. The average Bonchev–Trinajstić information content (AvgIpc) is 3.73. The number of nitrogens with one attached hydrogen (secondary N) is 2. The number of fused-ring (bicyclic) bond motifs is 1. The zero-order valence-electron chi connectivity index (χ0n) is 34.4. The van der Waals surface area contributed by atoms with Gasteiger partial charge in [0.2, 0.25) is 11.8 Å². The van der Waals surface area contributed by atoms with Crippen molar-refractivity contribution in [3.63, 3.8) is 0 Å². The molecule has 9 rings (SSSR count). The number of urea groups is 1. The number of carbonyl (C=O) groups excluding carboxylic acids is 6. The number of piperazine rings is 1. The Morgan fingerprint density at radius 1 is 0.820 bits per heavy atom. The van der Waals surface area contributed by atoms with Gasteiger partial charge in [0.15, 0.2) is 11.5 Å². The van der Waals surface area contributed by atoms with Gasteiger partial charge in [0, 0.05) is 104 Å². The summed E-state index contributed by atoms with van der Waals surface area (Å²) in [5.41, 5.74) is 9.15. The molecule has 0 aliphatic carbocycles. The van der Waals surface area contributed by atoms with Gasteiger partial charge < -0.3 is 35.6 Å². The number of amides is 7. The van der Waals surface area contributed by atoms with Crippen LogP contribution in [0.2, 0.25) is 0 Å². The molecule has 5 saturated heterocycles. The molecule has 5 fully saturated rings. The monoisotopic (exact) mass is 834 g/mol. The lowest BCUT2D eigenvalue weighted by atomic mass is 9.95. The topological polar surface area (TPSA) is 201 Å². The molecule has 0 saturated carbocycles. The molecule has 18 nitrogen and oxygen atoms in total. The van der Waals surface area contributed by atoms with Crippen molar-refractivity contribution in [2.45, 2.75) is 50.6 Å². The van der Waals surface area contributed by atoms with Crippen LogP contribution in [0, 0.1) is 5.92 Å². The Balaban J connectivity index is 0.00000529. The highest BCUT2D eigenvalue weighted by atomic mass is 16.2. The van der Waals surface area contributed by atoms with Crippen LogP contribution >= 0.6 is 0 Å². The number of imide groups is 2. The molecular formula is C43H54N12O6. The highest BCUT2D eigenvalue weighted by molar-refractivity contribution is 6.23. The first kappa shape index (κ1) is 40.1. The molecule has 7 amide bonds. The number of hydrogen-bond donors (Lipinski definition) is 3. The van der Waals surface area contributed by atoms with Gasteiger partial charge in [0.05, 0.1) is 23.4 Å². The van der Waals surface area contributed by atoms with E-state index in [-0.39, 0.29) is 32.0 Å². The lowest BCUT2D eigenvalue weighted by Crippen LogP contribution is -2.54. The van der Waals surface area contributed by atoms with Crippen LogP contribution in [-0.4, -0.2) is 156 Å². The number of hydrogen-bond acceptors (Lipinski definition) is 13. The minimum absolute atomic E-state index is 0. The van der Waals surface area contributed by atoms with Crippen LogP contribution in [0.5, 0.6) is 0 Å². The fourth-order valence-electron chi connectivity index (χ4n) is 9.70. The summed E-state index contributed by atoms with van der Waals surface area (Å²) in [6.07, 6.45) is 5.69. The van der Waals surface area contributed by atoms with E-state index in [1.54, 1.807) is 23.2 Å². The van der Waals surface area contributed by atoms with Gasteiger partial charge in [-0.05, 0) is 80.5 Å². The van der Waals surface area contributed by atoms with Gasteiger partial charge in [0.25, 0.3) is 17.7 Å². The molecule has 3 aromatic rings. The molecule has 6 aliphatic rings. The standard InChI is InChI=1S/C43H52N12O6.H2/c1-49-17-22-54(43(49)61)31-3-2-14-53(26-31)35-24-45-37(38(44)57)39(47-35)46-28-4-6-29(7-5-28)52-20-18-50(19-21-52)25-27-12-15-51(16-13-27)30-8-9-32-33(23-30)42(60)55(41(32)59)34-10-11-36(56)48-40(34)58;/h4-9,23-24,27,31,34H,2-3,10-22,25-26H2,1H3,(H2,44,57)(H,46,47)(H,48,56,58);1H/t31-,34?;/m1./s1. The van der Waals surface area contributed by atoms with Crippen molar-refractivity contribution in [3.8, 4) is 0 Å². The van der Waals surface area contributed by atoms with E-state index >= 15 is 0 Å². The molecule has 322 valence electrons. The van der Waals surface area contributed by atoms with E-state index in [0.717, 1.165) is 107 Å². The number of aromatic nitrogens is 2. The van der Waals surface area contributed by atoms with Crippen LogP contribution in [0.4, 0.5) is 33.5 Å². The molecule has 61 heavy (non-hydrogen) atoms. The van der Waals surface area contributed by atoms with Crippen molar-refractivity contribution >= 4 is 64.3 Å². The Morgan fingerprint density at radius 3 is 2.25 bits per heavy atom. The third-order valence-corrected chi connectivity index (χ3v) is 13.2. The summed E-state index contributed by atoms with van der Waals surface area (Å²) in [4.78, 5) is 98.9. The molecule has 0 radical (unpaired) electrons. The minimum atomic E-state index is -0.975. The van der Waals surface area contributed by atoms with Crippen LogP contribution in [0.3, 0.4) is 0 Å². The number of carbonyl (C=O) groups is 6. The fourth-order valence-corrected chi connectivity index (χ4v) is 9.70. The second-order valence-corrected chi connectivity index (χ2v) is 17.0. The SMILES string of the molecule is CN1CCN([C@@H]2CCCN(c3cnc(C(N)=O)c(Nc4ccc(N5CCN(CC6CCN(c7ccc8c(c7)C(=O)N(C7CCC(=O)NC7=O)C8=O)CC6)CC5)cc4)n3)C2)C1=O.[HH]. The Hall–Kier alpha value is -6.30. The fraction of sp³-hybridized carbons (Fsp3) is 0.488. The van der Waals surface area contributed by atoms with Crippen molar-refractivity contribution < 1.29 is 30.2 Å². The molecule has 1 aromatic heterocycles. The average molecular weight is 835 g/mol. The molecule has 2 aromatic carbocycles. The normalized spacial score (nSPS) is 22.9. The molecule has 7 heterocycles. The molecule has 0 spiro atoms. The summed E-state index contributed by atoms with van der Waals surface area (Å²) in [6, 6.07) is 12.6. The first-order chi connectivity index (χ1) is 29.5.